The molecular formula is C19H23NO5. The summed E-state index contributed by atoms with van der Waals surface area (Å²) in [7, 11) is 0. The molecule has 6 heteroatoms. The number of hydrogen-bond acceptors (Lipinski definition) is 5. The summed E-state index contributed by atoms with van der Waals surface area (Å²) in [5.41, 5.74) is -1.17. The van der Waals surface area contributed by atoms with Gasteiger partial charge in [0, 0.05) is 18.0 Å². The first-order chi connectivity index (χ1) is 11.6. The first kappa shape index (κ1) is 18.7. The molecule has 1 aromatic heterocycles. The summed E-state index contributed by atoms with van der Waals surface area (Å²) in [5.74, 6) is -0.296. The van der Waals surface area contributed by atoms with Gasteiger partial charge in [0.2, 0.25) is 0 Å². The number of benzene rings is 1. The Kier molecular flexibility index (Phi) is 5.30. The number of carbonyl (C=O) groups is 2. The number of fused-ring (bicyclic) bond motifs is 1. The van der Waals surface area contributed by atoms with Crippen molar-refractivity contribution in [3.05, 3.63) is 40.2 Å². The molecule has 0 atom stereocenters. The van der Waals surface area contributed by atoms with Gasteiger partial charge in [-0.15, -0.1) is 0 Å². The zero-order valence-corrected chi connectivity index (χ0v) is 15.1. The molecule has 0 aliphatic rings. The van der Waals surface area contributed by atoms with Crippen LogP contribution < -0.4 is 15.7 Å². The van der Waals surface area contributed by atoms with Gasteiger partial charge in [-0.1, -0.05) is 13.8 Å². The molecule has 0 unspecified atom stereocenters. The molecule has 2 rings (SSSR count). The molecule has 1 amide bonds. The van der Waals surface area contributed by atoms with Gasteiger partial charge in [0.05, 0.1) is 5.41 Å². The van der Waals surface area contributed by atoms with E-state index in [1.54, 1.807) is 32.9 Å². The molecule has 25 heavy (non-hydrogen) atoms. The molecule has 0 bridgehead atoms. The lowest BCUT2D eigenvalue weighted by molar-refractivity contribution is -0.142. The van der Waals surface area contributed by atoms with Crippen molar-refractivity contribution in [3.8, 4) is 5.75 Å². The molecule has 0 aliphatic heterocycles. The number of nitrogens with one attached hydrogen (secondary N) is 1. The second-order valence-corrected chi connectivity index (χ2v) is 7.39. The van der Waals surface area contributed by atoms with E-state index >= 15 is 0 Å². The molecular weight excluding hydrogens is 322 g/mol. The first-order valence-electron chi connectivity index (χ1n) is 8.16. The highest BCUT2D eigenvalue weighted by atomic mass is 16.5. The largest absolute Gasteiger partial charge is 0.426 e. The van der Waals surface area contributed by atoms with Crippen LogP contribution in [0.3, 0.4) is 0 Å². The molecule has 2 aromatic rings. The van der Waals surface area contributed by atoms with E-state index in [1.807, 2.05) is 13.8 Å². The van der Waals surface area contributed by atoms with Gasteiger partial charge in [0.15, 0.2) is 0 Å². The third-order valence-corrected chi connectivity index (χ3v) is 3.45. The van der Waals surface area contributed by atoms with Crippen LogP contribution in [0.25, 0.3) is 11.0 Å². The molecule has 1 heterocycles. The van der Waals surface area contributed by atoms with Gasteiger partial charge in [-0.2, -0.15) is 0 Å². The lowest BCUT2D eigenvalue weighted by Gasteiger charge is -2.16. The van der Waals surface area contributed by atoms with Crippen molar-refractivity contribution in [1.82, 2.24) is 5.32 Å². The molecule has 0 saturated heterocycles. The van der Waals surface area contributed by atoms with E-state index in [1.165, 1.54) is 12.1 Å². The molecule has 134 valence electrons. The third kappa shape index (κ3) is 4.68. The minimum atomic E-state index is -0.729. The highest BCUT2D eigenvalue weighted by Crippen LogP contribution is 2.23. The maximum atomic E-state index is 12.1. The summed E-state index contributed by atoms with van der Waals surface area (Å²) in [6.45, 7) is 9.64. The highest BCUT2D eigenvalue weighted by Gasteiger charge is 2.24. The summed E-state index contributed by atoms with van der Waals surface area (Å²) in [5, 5.41) is 3.26. The monoisotopic (exact) mass is 345 g/mol. The SMILES string of the molecule is CC(C)CNC(=O)c1cc2ccc(OC(=O)C(C)(C)C)cc2oc1=O. The zero-order chi connectivity index (χ0) is 18.8. The molecule has 0 fully saturated rings. The van der Waals surface area contributed by atoms with Crippen molar-refractivity contribution < 1.29 is 18.7 Å². The summed E-state index contributed by atoms with van der Waals surface area (Å²) in [6.07, 6.45) is 0. The van der Waals surface area contributed by atoms with Crippen LogP contribution >= 0.6 is 0 Å². The fourth-order valence-corrected chi connectivity index (χ4v) is 1.97. The Morgan fingerprint density at radius 1 is 1.20 bits per heavy atom. The Morgan fingerprint density at radius 3 is 2.48 bits per heavy atom. The molecule has 0 radical (unpaired) electrons. The van der Waals surface area contributed by atoms with Crippen LogP contribution in [0.2, 0.25) is 0 Å². The van der Waals surface area contributed by atoms with Crippen molar-refractivity contribution in [1.29, 1.82) is 0 Å². The first-order valence-corrected chi connectivity index (χ1v) is 8.16. The fraction of sp³-hybridized carbons (Fsp3) is 0.421. The quantitative estimate of drug-likeness (QED) is 0.523. The number of hydrogen-bond donors (Lipinski definition) is 1. The average Bonchev–Trinajstić information content (AvgIpc) is 2.50. The van der Waals surface area contributed by atoms with E-state index in [9.17, 15) is 14.4 Å². The molecule has 1 N–H and O–H groups in total. The van der Waals surface area contributed by atoms with Gasteiger partial charge in [-0.3, -0.25) is 9.59 Å². The Morgan fingerprint density at radius 2 is 1.88 bits per heavy atom. The van der Waals surface area contributed by atoms with Crippen molar-refractivity contribution in [2.24, 2.45) is 11.3 Å². The summed E-state index contributed by atoms with van der Waals surface area (Å²) < 4.78 is 10.5. The predicted molar refractivity (Wildman–Crippen MR) is 94.7 cm³/mol. The van der Waals surface area contributed by atoms with E-state index < -0.39 is 16.9 Å². The van der Waals surface area contributed by atoms with Gasteiger partial charge in [0.25, 0.3) is 5.91 Å². The van der Waals surface area contributed by atoms with Gasteiger partial charge >= 0.3 is 11.6 Å². The van der Waals surface area contributed by atoms with E-state index in [-0.39, 0.29) is 28.8 Å². The normalized spacial score (nSPS) is 11.6. The molecule has 0 saturated carbocycles. The van der Waals surface area contributed by atoms with Crippen molar-refractivity contribution >= 4 is 22.8 Å². The van der Waals surface area contributed by atoms with Crippen LogP contribution in [0.5, 0.6) is 5.75 Å². The second-order valence-electron chi connectivity index (χ2n) is 7.39. The van der Waals surface area contributed by atoms with Crippen molar-refractivity contribution in [2.45, 2.75) is 34.6 Å². The average molecular weight is 345 g/mol. The second kappa shape index (κ2) is 7.09. The Hall–Kier alpha value is -2.63. The molecule has 1 aromatic carbocycles. The Bertz CT molecular complexity index is 858. The zero-order valence-electron chi connectivity index (χ0n) is 15.1. The minimum absolute atomic E-state index is 0.0485. The number of carbonyl (C=O) groups excluding carboxylic acids is 2. The van der Waals surface area contributed by atoms with Gasteiger partial charge in [0.1, 0.15) is 16.9 Å². The van der Waals surface area contributed by atoms with Crippen molar-refractivity contribution in [2.75, 3.05) is 6.54 Å². The Labute approximate surface area is 146 Å². The fourth-order valence-electron chi connectivity index (χ4n) is 1.97. The van der Waals surface area contributed by atoms with E-state index in [4.69, 9.17) is 9.15 Å². The van der Waals surface area contributed by atoms with E-state index in [0.717, 1.165) is 0 Å². The maximum Gasteiger partial charge on any atom is 0.349 e. The number of rotatable bonds is 4. The summed E-state index contributed by atoms with van der Waals surface area (Å²) in [6, 6.07) is 6.19. The highest BCUT2D eigenvalue weighted by molar-refractivity contribution is 5.96. The minimum Gasteiger partial charge on any atom is -0.426 e. The smallest absolute Gasteiger partial charge is 0.349 e. The summed E-state index contributed by atoms with van der Waals surface area (Å²) in [4.78, 5) is 36.1. The van der Waals surface area contributed by atoms with Gasteiger partial charge in [-0.05, 0) is 44.9 Å². The van der Waals surface area contributed by atoms with E-state index in [0.29, 0.717) is 11.9 Å². The Balaban J connectivity index is 2.30. The number of esters is 1. The van der Waals surface area contributed by atoms with Crippen LogP contribution in [-0.4, -0.2) is 18.4 Å². The van der Waals surface area contributed by atoms with E-state index in [2.05, 4.69) is 5.32 Å². The van der Waals surface area contributed by atoms with Gasteiger partial charge in [-0.25, -0.2) is 4.79 Å². The predicted octanol–water partition coefficient (Wildman–Crippen LogP) is 3.13. The lowest BCUT2D eigenvalue weighted by atomic mass is 9.97. The molecule has 0 aliphatic carbocycles. The standard InChI is InChI=1S/C19H23NO5/c1-11(2)10-20-16(21)14-8-12-6-7-13(9-15(12)25-17(14)22)24-18(23)19(3,4)5/h6-9,11H,10H2,1-5H3,(H,20,21). The third-order valence-electron chi connectivity index (χ3n) is 3.45. The molecule has 0 spiro atoms. The molecule has 6 nitrogen and oxygen atoms in total. The lowest BCUT2D eigenvalue weighted by Crippen LogP contribution is -2.31. The van der Waals surface area contributed by atoms with Crippen LogP contribution in [0.1, 0.15) is 45.0 Å². The summed E-state index contributed by atoms with van der Waals surface area (Å²) >= 11 is 0. The van der Waals surface area contributed by atoms with Crippen LogP contribution in [-0.2, 0) is 4.79 Å². The van der Waals surface area contributed by atoms with Crippen LogP contribution in [0.4, 0.5) is 0 Å². The van der Waals surface area contributed by atoms with Crippen molar-refractivity contribution in [3.63, 3.8) is 0 Å². The van der Waals surface area contributed by atoms with Crippen LogP contribution in [0.15, 0.2) is 33.5 Å². The maximum absolute atomic E-state index is 12.1. The van der Waals surface area contributed by atoms with Crippen LogP contribution in [0, 0.1) is 11.3 Å². The topological polar surface area (TPSA) is 85.6 Å². The van der Waals surface area contributed by atoms with Gasteiger partial charge < -0.3 is 14.5 Å². The number of amides is 1. The number of ether oxygens (including phenoxy) is 1.